The van der Waals surface area contributed by atoms with Gasteiger partial charge in [-0.15, -0.1) is 0 Å². The van der Waals surface area contributed by atoms with Crippen LogP contribution in [0.5, 0.6) is 0 Å². The summed E-state index contributed by atoms with van der Waals surface area (Å²) >= 11 is 0. The fourth-order valence-corrected chi connectivity index (χ4v) is 4.32. The Morgan fingerprint density at radius 3 is 2.73 bits per heavy atom. The summed E-state index contributed by atoms with van der Waals surface area (Å²) in [5.41, 5.74) is 0.428. The third-order valence-electron chi connectivity index (χ3n) is 6.05. The quantitative estimate of drug-likeness (QED) is 0.659. The second kappa shape index (κ2) is 8.44. The molecule has 0 atom stereocenters. The Balaban J connectivity index is 1.41. The van der Waals surface area contributed by atoms with Crippen LogP contribution in [0.4, 0.5) is 0 Å². The van der Waals surface area contributed by atoms with Gasteiger partial charge in [-0.1, -0.05) is 0 Å². The van der Waals surface area contributed by atoms with Gasteiger partial charge in [-0.05, 0) is 49.7 Å². The van der Waals surface area contributed by atoms with E-state index in [1.165, 1.54) is 19.3 Å². The van der Waals surface area contributed by atoms with E-state index in [0.717, 1.165) is 77.0 Å². The minimum Gasteiger partial charge on any atom is -0.469 e. The van der Waals surface area contributed by atoms with Gasteiger partial charge >= 0.3 is 0 Å². The maximum Gasteiger partial charge on any atom is 0.194 e. The predicted molar refractivity (Wildman–Crippen MR) is 100 cm³/mol. The smallest absolute Gasteiger partial charge is 0.194 e. The van der Waals surface area contributed by atoms with Gasteiger partial charge in [0, 0.05) is 58.5 Å². The molecule has 3 saturated heterocycles. The molecule has 4 rings (SSSR count). The van der Waals surface area contributed by atoms with Crippen molar-refractivity contribution < 1.29 is 13.9 Å². The van der Waals surface area contributed by atoms with Crippen molar-refractivity contribution in [2.24, 2.45) is 10.4 Å². The van der Waals surface area contributed by atoms with E-state index in [1.807, 2.05) is 12.1 Å². The van der Waals surface area contributed by atoms with Crippen molar-refractivity contribution in [3.8, 4) is 0 Å². The lowest BCUT2D eigenvalue weighted by Gasteiger charge is -2.34. The molecule has 6 heteroatoms. The van der Waals surface area contributed by atoms with E-state index >= 15 is 0 Å². The summed E-state index contributed by atoms with van der Waals surface area (Å²) in [6.07, 6.45) is 8.31. The van der Waals surface area contributed by atoms with Gasteiger partial charge in [0.2, 0.25) is 0 Å². The van der Waals surface area contributed by atoms with E-state index in [-0.39, 0.29) is 0 Å². The Kier molecular flexibility index (Phi) is 5.80. The van der Waals surface area contributed by atoms with E-state index in [4.69, 9.17) is 18.9 Å². The Bertz CT molecular complexity index is 575. The van der Waals surface area contributed by atoms with E-state index in [1.54, 1.807) is 6.26 Å². The molecule has 0 amide bonds. The molecule has 0 aromatic carbocycles. The van der Waals surface area contributed by atoms with Gasteiger partial charge in [-0.3, -0.25) is 4.99 Å². The number of furan rings is 1. The minimum atomic E-state index is 0.428. The first-order valence-electron chi connectivity index (χ1n) is 10.1. The van der Waals surface area contributed by atoms with Gasteiger partial charge in [0.15, 0.2) is 5.96 Å². The number of aliphatic imine (C=N–C) groups is 1. The first kappa shape index (κ1) is 17.9. The van der Waals surface area contributed by atoms with Crippen LogP contribution in [0.2, 0.25) is 0 Å². The molecule has 3 fully saturated rings. The highest BCUT2D eigenvalue weighted by atomic mass is 16.5. The highest BCUT2D eigenvalue weighted by Gasteiger charge is 2.40. The topological polar surface area (TPSA) is 59.2 Å². The van der Waals surface area contributed by atoms with Crippen molar-refractivity contribution in [1.29, 1.82) is 0 Å². The molecule has 26 heavy (non-hydrogen) atoms. The zero-order valence-electron chi connectivity index (χ0n) is 15.6. The van der Waals surface area contributed by atoms with Crippen molar-refractivity contribution in [3.63, 3.8) is 0 Å². The molecule has 1 spiro atoms. The third kappa shape index (κ3) is 4.41. The molecule has 0 radical (unpaired) electrons. The number of likely N-dealkylation sites (tertiary alicyclic amines) is 1. The zero-order valence-corrected chi connectivity index (χ0v) is 15.6. The predicted octanol–water partition coefficient (Wildman–Crippen LogP) is 2.45. The van der Waals surface area contributed by atoms with Crippen LogP contribution in [0, 0.1) is 5.41 Å². The van der Waals surface area contributed by atoms with Crippen LogP contribution in [-0.4, -0.2) is 63.0 Å². The van der Waals surface area contributed by atoms with Crippen LogP contribution >= 0.6 is 0 Å². The molecule has 6 nitrogen and oxygen atoms in total. The highest BCUT2D eigenvalue weighted by Crippen LogP contribution is 2.39. The Morgan fingerprint density at radius 2 is 1.96 bits per heavy atom. The van der Waals surface area contributed by atoms with Crippen LogP contribution in [0.3, 0.4) is 0 Å². The fraction of sp³-hybridized carbons (Fsp3) is 0.750. The molecule has 144 valence electrons. The van der Waals surface area contributed by atoms with Crippen LogP contribution < -0.4 is 5.32 Å². The lowest BCUT2D eigenvalue weighted by Crippen LogP contribution is -2.48. The van der Waals surface area contributed by atoms with Crippen molar-refractivity contribution in [2.45, 2.75) is 44.6 Å². The zero-order chi connectivity index (χ0) is 17.7. The van der Waals surface area contributed by atoms with Crippen LogP contribution in [0.15, 0.2) is 27.8 Å². The molecule has 0 aliphatic carbocycles. The number of rotatable bonds is 4. The molecular weight excluding hydrogens is 330 g/mol. The summed E-state index contributed by atoms with van der Waals surface area (Å²) in [7, 11) is 0. The van der Waals surface area contributed by atoms with E-state index < -0.39 is 0 Å². The SMILES string of the molecule is c1coc(CCN=C(NC2CCOCC2)N2CCC3(CCOCC3)C2)c1. The average Bonchev–Trinajstić information content (AvgIpc) is 3.33. The van der Waals surface area contributed by atoms with Gasteiger partial charge in [-0.2, -0.15) is 0 Å². The molecule has 4 heterocycles. The van der Waals surface area contributed by atoms with Crippen molar-refractivity contribution >= 4 is 5.96 Å². The van der Waals surface area contributed by atoms with E-state index in [9.17, 15) is 0 Å². The lowest BCUT2D eigenvalue weighted by atomic mass is 9.80. The number of nitrogens with one attached hydrogen (secondary N) is 1. The lowest BCUT2D eigenvalue weighted by molar-refractivity contribution is 0.0216. The van der Waals surface area contributed by atoms with Gasteiger partial charge in [0.25, 0.3) is 0 Å². The molecule has 1 aromatic heterocycles. The van der Waals surface area contributed by atoms with Crippen molar-refractivity contribution in [1.82, 2.24) is 10.2 Å². The molecule has 0 unspecified atom stereocenters. The third-order valence-corrected chi connectivity index (χ3v) is 6.05. The molecule has 1 aromatic rings. The molecule has 0 bridgehead atoms. The number of ether oxygens (including phenoxy) is 2. The minimum absolute atomic E-state index is 0.428. The average molecular weight is 361 g/mol. The summed E-state index contributed by atoms with van der Waals surface area (Å²) in [5.74, 6) is 2.08. The summed E-state index contributed by atoms with van der Waals surface area (Å²) < 4.78 is 16.5. The number of guanidine groups is 1. The second-order valence-electron chi connectivity index (χ2n) is 7.85. The van der Waals surface area contributed by atoms with Crippen LogP contribution in [0.1, 0.15) is 37.9 Å². The maximum absolute atomic E-state index is 5.59. The van der Waals surface area contributed by atoms with E-state index in [0.29, 0.717) is 11.5 Å². The van der Waals surface area contributed by atoms with Gasteiger partial charge in [-0.25, -0.2) is 0 Å². The van der Waals surface area contributed by atoms with E-state index in [2.05, 4.69) is 10.2 Å². The summed E-state index contributed by atoms with van der Waals surface area (Å²) in [5, 5.41) is 3.73. The van der Waals surface area contributed by atoms with Crippen LogP contribution in [-0.2, 0) is 15.9 Å². The summed E-state index contributed by atoms with van der Waals surface area (Å²) in [4.78, 5) is 7.43. The molecule has 3 aliphatic heterocycles. The standard InChI is InChI=1S/C20H31N3O3/c1-2-18(26-11-1)3-9-21-19(22-17-4-12-24-13-5-17)23-10-6-20(16-23)7-14-25-15-8-20/h1-2,11,17H,3-10,12-16H2,(H,21,22). The van der Waals surface area contributed by atoms with Crippen molar-refractivity contribution in [2.75, 3.05) is 46.1 Å². The largest absolute Gasteiger partial charge is 0.469 e. The van der Waals surface area contributed by atoms with Crippen LogP contribution in [0.25, 0.3) is 0 Å². The maximum atomic E-state index is 5.59. The van der Waals surface area contributed by atoms with Crippen molar-refractivity contribution in [3.05, 3.63) is 24.2 Å². The monoisotopic (exact) mass is 361 g/mol. The molecular formula is C20H31N3O3. The fourth-order valence-electron chi connectivity index (χ4n) is 4.32. The summed E-state index contributed by atoms with van der Waals surface area (Å²) in [6.45, 7) is 6.46. The normalized spacial score (nSPS) is 24.3. The number of hydrogen-bond acceptors (Lipinski definition) is 4. The number of nitrogens with zero attached hydrogens (tertiary/aromatic N) is 2. The molecule has 3 aliphatic rings. The second-order valence-corrected chi connectivity index (χ2v) is 7.85. The first-order chi connectivity index (χ1) is 12.8. The van der Waals surface area contributed by atoms with Gasteiger partial charge in [0.05, 0.1) is 6.26 Å². The Hall–Kier alpha value is -1.53. The Labute approximate surface area is 155 Å². The number of hydrogen-bond donors (Lipinski definition) is 1. The first-order valence-corrected chi connectivity index (χ1v) is 10.1. The summed E-state index contributed by atoms with van der Waals surface area (Å²) in [6, 6.07) is 4.43. The van der Waals surface area contributed by atoms with Gasteiger partial charge < -0.3 is 24.1 Å². The highest BCUT2D eigenvalue weighted by molar-refractivity contribution is 5.80. The Morgan fingerprint density at radius 1 is 1.15 bits per heavy atom. The molecule has 0 saturated carbocycles. The molecule has 1 N–H and O–H groups in total. The van der Waals surface area contributed by atoms with Gasteiger partial charge in [0.1, 0.15) is 5.76 Å².